The van der Waals surface area contributed by atoms with Gasteiger partial charge in [-0.2, -0.15) is 0 Å². The van der Waals surface area contributed by atoms with Crippen molar-refractivity contribution in [3.63, 3.8) is 0 Å². The molecule has 1 heterocycles. The quantitative estimate of drug-likeness (QED) is 0.634. The predicted octanol–water partition coefficient (Wildman–Crippen LogP) is 4.46. The molecular formula is C18H12BrClN2O4S. The minimum atomic E-state index is -1.06. The lowest BCUT2D eigenvalue weighted by Gasteiger charge is -2.06. The maximum Gasteiger partial charge on any atom is 0.341 e. The van der Waals surface area contributed by atoms with Crippen LogP contribution in [0.15, 0.2) is 56.8 Å². The third-order valence-electron chi connectivity index (χ3n) is 3.29. The molecule has 6 nitrogen and oxygen atoms in total. The lowest BCUT2D eigenvalue weighted by molar-refractivity contribution is -0.139. The van der Waals surface area contributed by atoms with Gasteiger partial charge in [-0.3, -0.25) is 4.79 Å². The van der Waals surface area contributed by atoms with Crippen molar-refractivity contribution in [1.29, 1.82) is 0 Å². The van der Waals surface area contributed by atoms with Gasteiger partial charge >= 0.3 is 5.97 Å². The van der Waals surface area contributed by atoms with Crippen molar-refractivity contribution in [2.24, 2.45) is 4.99 Å². The van der Waals surface area contributed by atoms with Crippen molar-refractivity contribution in [2.45, 2.75) is 0 Å². The third-order valence-corrected chi connectivity index (χ3v) is 5.06. The Kier molecular flexibility index (Phi) is 6.20. The molecule has 0 aliphatic carbocycles. The number of hydrogen-bond donors (Lipinski definition) is 2. The summed E-state index contributed by atoms with van der Waals surface area (Å²) in [5.74, 6) is -0.895. The lowest BCUT2D eigenvalue weighted by atomic mass is 10.2. The number of nitrogens with one attached hydrogen (secondary N) is 1. The zero-order chi connectivity index (χ0) is 19.4. The van der Waals surface area contributed by atoms with E-state index in [-0.39, 0.29) is 5.91 Å². The highest BCUT2D eigenvalue weighted by Crippen LogP contribution is 2.31. The van der Waals surface area contributed by atoms with Crippen LogP contribution >= 0.6 is 39.3 Å². The highest BCUT2D eigenvalue weighted by molar-refractivity contribution is 9.10. The minimum Gasteiger partial charge on any atom is -0.481 e. The molecule has 3 rings (SSSR count). The molecule has 1 aliphatic heterocycles. The number of amidine groups is 1. The summed E-state index contributed by atoms with van der Waals surface area (Å²) in [7, 11) is 0. The van der Waals surface area contributed by atoms with Crippen molar-refractivity contribution in [3.8, 4) is 5.75 Å². The maximum atomic E-state index is 12.2. The van der Waals surface area contributed by atoms with E-state index in [1.54, 1.807) is 48.5 Å². The molecule has 2 N–H and O–H groups in total. The summed E-state index contributed by atoms with van der Waals surface area (Å²) >= 11 is 10.5. The number of carboxylic acid groups (broad SMARTS) is 1. The van der Waals surface area contributed by atoms with Crippen LogP contribution in [0.5, 0.6) is 5.75 Å². The van der Waals surface area contributed by atoms with Gasteiger partial charge in [0, 0.05) is 5.02 Å². The summed E-state index contributed by atoms with van der Waals surface area (Å²) in [5.41, 5.74) is 1.40. The van der Waals surface area contributed by atoms with Crippen LogP contribution in [-0.4, -0.2) is 28.8 Å². The molecule has 1 amide bonds. The number of ether oxygens (including phenoxy) is 1. The number of aliphatic carboxylic acids is 1. The van der Waals surface area contributed by atoms with E-state index in [9.17, 15) is 9.59 Å². The third kappa shape index (κ3) is 5.35. The summed E-state index contributed by atoms with van der Waals surface area (Å²) in [4.78, 5) is 27.6. The average Bonchev–Trinajstić information content (AvgIpc) is 2.93. The number of carbonyl (C=O) groups excluding carboxylic acids is 1. The number of thioether (sulfide) groups is 1. The molecule has 1 fully saturated rings. The molecule has 1 aliphatic rings. The number of carboxylic acids is 1. The Labute approximate surface area is 172 Å². The molecular weight excluding hydrogens is 456 g/mol. The van der Waals surface area contributed by atoms with Crippen molar-refractivity contribution in [2.75, 3.05) is 6.61 Å². The number of carbonyl (C=O) groups is 2. The fraction of sp³-hybridized carbons (Fsp3) is 0.0556. The maximum absolute atomic E-state index is 12.2. The van der Waals surface area contributed by atoms with Gasteiger partial charge in [-0.05, 0) is 69.7 Å². The largest absolute Gasteiger partial charge is 0.481 e. The Morgan fingerprint density at radius 2 is 2.15 bits per heavy atom. The van der Waals surface area contributed by atoms with Gasteiger partial charge in [-0.25, -0.2) is 9.79 Å². The summed E-state index contributed by atoms with van der Waals surface area (Å²) in [6, 6.07) is 12.1. The first-order chi connectivity index (χ1) is 12.9. The van der Waals surface area contributed by atoms with Crippen LogP contribution in [0.25, 0.3) is 6.08 Å². The zero-order valence-electron chi connectivity index (χ0n) is 13.6. The summed E-state index contributed by atoms with van der Waals surface area (Å²) in [6.07, 6.45) is 1.71. The van der Waals surface area contributed by atoms with Gasteiger partial charge in [0.25, 0.3) is 5.91 Å². The van der Waals surface area contributed by atoms with Crippen molar-refractivity contribution in [1.82, 2.24) is 5.32 Å². The Balaban J connectivity index is 1.76. The van der Waals surface area contributed by atoms with E-state index in [2.05, 4.69) is 26.2 Å². The van der Waals surface area contributed by atoms with E-state index < -0.39 is 12.6 Å². The van der Waals surface area contributed by atoms with Crippen LogP contribution in [0, 0.1) is 0 Å². The molecule has 2 aromatic rings. The molecule has 0 saturated carbocycles. The SMILES string of the molecule is O=C(O)COc1ccc(/C=C2/SC(=Nc3cccc(Cl)c3)NC2=O)cc1Br. The summed E-state index contributed by atoms with van der Waals surface area (Å²) in [6.45, 7) is -0.430. The van der Waals surface area contributed by atoms with E-state index in [0.29, 0.717) is 31.0 Å². The topological polar surface area (TPSA) is 88.0 Å². The molecule has 0 bridgehead atoms. The van der Waals surface area contributed by atoms with Gasteiger partial charge in [0.05, 0.1) is 15.1 Å². The second kappa shape index (κ2) is 8.60. The molecule has 138 valence electrons. The number of amides is 1. The van der Waals surface area contributed by atoms with Crippen LogP contribution in [0.3, 0.4) is 0 Å². The molecule has 0 radical (unpaired) electrons. The van der Waals surface area contributed by atoms with Crippen LogP contribution in [0.2, 0.25) is 5.02 Å². The number of nitrogens with zero attached hydrogens (tertiary/aromatic N) is 1. The summed E-state index contributed by atoms with van der Waals surface area (Å²) in [5, 5.41) is 12.4. The minimum absolute atomic E-state index is 0.247. The second-order valence-corrected chi connectivity index (χ2v) is 7.66. The number of hydrogen-bond acceptors (Lipinski definition) is 5. The highest BCUT2D eigenvalue weighted by Gasteiger charge is 2.23. The molecule has 0 unspecified atom stereocenters. The molecule has 9 heteroatoms. The molecule has 0 atom stereocenters. The first-order valence-corrected chi connectivity index (χ1v) is 9.59. The monoisotopic (exact) mass is 466 g/mol. The smallest absolute Gasteiger partial charge is 0.341 e. The first-order valence-electron chi connectivity index (χ1n) is 7.60. The number of rotatable bonds is 5. The number of benzene rings is 2. The van der Waals surface area contributed by atoms with Gasteiger partial charge in [-0.1, -0.05) is 23.7 Å². The molecule has 2 aromatic carbocycles. The number of halogens is 2. The predicted molar refractivity (Wildman–Crippen MR) is 110 cm³/mol. The molecule has 1 saturated heterocycles. The fourth-order valence-electron chi connectivity index (χ4n) is 2.16. The van der Waals surface area contributed by atoms with Crippen molar-refractivity contribution in [3.05, 3.63) is 62.4 Å². The van der Waals surface area contributed by atoms with E-state index in [1.807, 2.05) is 0 Å². The molecule has 0 spiro atoms. The van der Waals surface area contributed by atoms with Gasteiger partial charge in [-0.15, -0.1) is 0 Å². The second-order valence-electron chi connectivity index (χ2n) is 5.33. The van der Waals surface area contributed by atoms with Crippen LogP contribution in [0.4, 0.5) is 5.69 Å². The average molecular weight is 468 g/mol. The van der Waals surface area contributed by atoms with E-state index in [1.165, 1.54) is 11.8 Å². The number of aliphatic imine (C=N–C) groups is 1. The zero-order valence-corrected chi connectivity index (χ0v) is 16.8. The summed E-state index contributed by atoms with van der Waals surface area (Å²) < 4.78 is 5.75. The van der Waals surface area contributed by atoms with Crippen LogP contribution in [-0.2, 0) is 9.59 Å². The van der Waals surface area contributed by atoms with Gasteiger partial charge in [0.15, 0.2) is 11.8 Å². The standard InChI is InChI=1S/C18H12BrClN2O4S/c19-13-6-10(4-5-14(13)26-9-16(23)24)7-15-17(25)22-18(27-15)21-12-3-1-2-11(20)8-12/h1-8H,9H2,(H,23,24)(H,21,22,25)/b15-7+. The Morgan fingerprint density at radius 3 is 2.85 bits per heavy atom. The van der Waals surface area contributed by atoms with Crippen molar-refractivity contribution >= 4 is 68.1 Å². The van der Waals surface area contributed by atoms with Gasteiger partial charge in [0.1, 0.15) is 5.75 Å². The fourth-order valence-corrected chi connectivity index (χ4v) is 3.70. The first kappa shape index (κ1) is 19.5. The van der Waals surface area contributed by atoms with Crippen molar-refractivity contribution < 1.29 is 19.4 Å². The highest BCUT2D eigenvalue weighted by atomic mass is 79.9. The van der Waals surface area contributed by atoms with Crippen LogP contribution in [0.1, 0.15) is 5.56 Å². The van der Waals surface area contributed by atoms with E-state index >= 15 is 0 Å². The molecule has 27 heavy (non-hydrogen) atoms. The van der Waals surface area contributed by atoms with E-state index in [0.717, 1.165) is 5.56 Å². The van der Waals surface area contributed by atoms with Crippen LogP contribution < -0.4 is 10.1 Å². The normalized spacial score (nSPS) is 16.6. The Hall–Kier alpha value is -2.29. The van der Waals surface area contributed by atoms with Gasteiger partial charge in [0.2, 0.25) is 0 Å². The molecule has 0 aromatic heterocycles. The Bertz CT molecular complexity index is 978. The van der Waals surface area contributed by atoms with E-state index in [4.69, 9.17) is 21.4 Å². The Morgan fingerprint density at radius 1 is 1.33 bits per heavy atom. The van der Waals surface area contributed by atoms with Gasteiger partial charge < -0.3 is 15.2 Å². The lowest BCUT2D eigenvalue weighted by Crippen LogP contribution is -2.19.